The van der Waals surface area contributed by atoms with Crippen LogP contribution in [-0.2, 0) is 17.8 Å². The molecule has 0 aliphatic rings. The highest BCUT2D eigenvalue weighted by Gasteiger charge is 2.11. The van der Waals surface area contributed by atoms with Gasteiger partial charge in [0.25, 0.3) is 0 Å². The van der Waals surface area contributed by atoms with E-state index in [0.29, 0.717) is 19.4 Å². The van der Waals surface area contributed by atoms with Crippen molar-refractivity contribution < 1.29 is 13.9 Å². The summed E-state index contributed by atoms with van der Waals surface area (Å²) in [6.07, 6.45) is 1.01. The number of nitrogens with zero attached hydrogens (tertiary/aromatic N) is 1. The predicted octanol–water partition coefficient (Wildman–Crippen LogP) is 3.43. The molecule has 0 aliphatic carbocycles. The molecular weight excluding hydrogens is 281 g/mol. The molecule has 2 aromatic carbocycles. The summed E-state index contributed by atoms with van der Waals surface area (Å²) in [4.78, 5) is 13.9. The van der Waals surface area contributed by atoms with Crippen molar-refractivity contribution in [2.24, 2.45) is 0 Å². The van der Waals surface area contributed by atoms with Crippen molar-refractivity contribution in [2.45, 2.75) is 19.4 Å². The Morgan fingerprint density at radius 3 is 2.50 bits per heavy atom. The molecular formula is C18H20FNO2. The number of rotatable bonds is 6. The van der Waals surface area contributed by atoms with Crippen molar-refractivity contribution in [2.75, 3.05) is 14.2 Å². The number of amides is 1. The van der Waals surface area contributed by atoms with Crippen LogP contribution in [-0.4, -0.2) is 25.0 Å². The highest BCUT2D eigenvalue weighted by molar-refractivity contribution is 5.76. The minimum Gasteiger partial charge on any atom is -0.496 e. The van der Waals surface area contributed by atoms with Crippen molar-refractivity contribution >= 4 is 5.91 Å². The molecule has 2 aromatic rings. The molecule has 1 amide bonds. The maximum Gasteiger partial charge on any atom is 0.222 e. The molecule has 0 aromatic heterocycles. The molecule has 4 heteroatoms. The van der Waals surface area contributed by atoms with Crippen LogP contribution in [0, 0.1) is 5.82 Å². The normalized spacial score (nSPS) is 10.3. The molecule has 0 spiro atoms. The number of aryl methyl sites for hydroxylation is 1. The average molecular weight is 301 g/mol. The minimum atomic E-state index is -0.261. The smallest absolute Gasteiger partial charge is 0.222 e. The van der Waals surface area contributed by atoms with E-state index in [9.17, 15) is 9.18 Å². The molecule has 0 heterocycles. The van der Waals surface area contributed by atoms with E-state index in [1.165, 1.54) is 12.1 Å². The molecule has 3 nitrogen and oxygen atoms in total. The molecule has 0 unspecified atom stereocenters. The Hall–Kier alpha value is -2.36. The van der Waals surface area contributed by atoms with Gasteiger partial charge in [0.15, 0.2) is 0 Å². The summed E-state index contributed by atoms with van der Waals surface area (Å²) in [6.45, 7) is 0.506. The quantitative estimate of drug-likeness (QED) is 0.818. The molecule has 0 radical (unpaired) electrons. The monoisotopic (exact) mass is 301 g/mol. The van der Waals surface area contributed by atoms with Crippen molar-refractivity contribution in [3.63, 3.8) is 0 Å². The van der Waals surface area contributed by atoms with Gasteiger partial charge in [-0.3, -0.25) is 4.79 Å². The number of methoxy groups -OCH3 is 1. The highest BCUT2D eigenvalue weighted by Crippen LogP contribution is 2.19. The minimum absolute atomic E-state index is 0.0511. The fourth-order valence-corrected chi connectivity index (χ4v) is 2.27. The van der Waals surface area contributed by atoms with Gasteiger partial charge < -0.3 is 9.64 Å². The van der Waals surface area contributed by atoms with Gasteiger partial charge in [-0.15, -0.1) is 0 Å². The maximum atomic E-state index is 12.8. The average Bonchev–Trinajstić information content (AvgIpc) is 2.54. The van der Waals surface area contributed by atoms with Gasteiger partial charge >= 0.3 is 0 Å². The van der Waals surface area contributed by atoms with Gasteiger partial charge in [0.2, 0.25) is 5.91 Å². The first-order valence-corrected chi connectivity index (χ1v) is 7.20. The largest absolute Gasteiger partial charge is 0.496 e. The number of carbonyl (C=O) groups excluding carboxylic acids is 1. The molecule has 0 bridgehead atoms. The van der Waals surface area contributed by atoms with Gasteiger partial charge in [-0.1, -0.05) is 30.3 Å². The standard InChI is InChI=1S/C18H20FNO2/c1-20(13-15-5-3-4-6-17(15)22-2)18(21)12-9-14-7-10-16(19)11-8-14/h3-8,10-11H,9,12-13H2,1-2H3. The van der Waals surface area contributed by atoms with Crippen molar-refractivity contribution in [1.82, 2.24) is 4.90 Å². The molecule has 0 saturated carbocycles. The zero-order valence-electron chi connectivity index (χ0n) is 12.9. The zero-order valence-corrected chi connectivity index (χ0v) is 12.9. The van der Waals surface area contributed by atoms with E-state index in [-0.39, 0.29) is 11.7 Å². The number of carbonyl (C=O) groups is 1. The van der Waals surface area contributed by atoms with Crippen LogP contribution in [0.25, 0.3) is 0 Å². The lowest BCUT2D eigenvalue weighted by Crippen LogP contribution is -2.26. The first-order valence-electron chi connectivity index (χ1n) is 7.20. The van der Waals surface area contributed by atoms with E-state index < -0.39 is 0 Å². The summed E-state index contributed by atoms with van der Waals surface area (Å²) in [5.41, 5.74) is 1.93. The third-order valence-electron chi connectivity index (χ3n) is 3.57. The van der Waals surface area contributed by atoms with Gasteiger partial charge in [0, 0.05) is 25.6 Å². The van der Waals surface area contributed by atoms with Crippen LogP contribution in [0.3, 0.4) is 0 Å². The van der Waals surface area contributed by atoms with Crippen LogP contribution in [0.4, 0.5) is 4.39 Å². The SMILES string of the molecule is COc1ccccc1CN(C)C(=O)CCc1ccc(F)cc1. The topological polar surface area (TPSA) is 29.5 Å². The third-order valence-corrected chi connectivity index (χ3v) is 3.57. The molecule has 22 heavy (non-hydrogen) atoms. The van der Waals surface area contributed by atoms with Crippen LogP contribution in [0.1, 0.15) is 17.5 Å². The Balaban J connectivity index is 1.90. The first-order chi connectivity index (χ1) is 10.6. The second-order valence-electron chi connectivity index (χ2n) is 5.19. The lowest BCUT2D eigenvalue weighted by molar-refractivity contribution is -0.130. The van der Waals surface area contributed by atoms with E-state index in [1.54, 1.807) is 31.2 Å². The Kier molecular flexibility index (Phi) is 5.53. The number of halogens is 1. The fourth-order valence-electron chi connectivity index (χ4n) is 2.27. The summed E-state index contributed by atoms with van der Waals surface area (Å²) in [6, 6.07) is 13.9. The van der Waals surface area contributed by atoms with Gasteiger partial charge in [-0.05, 0) is 30.2 Å². The number of para-hydroxylation sites is 1. The predicted molar refractivity (Wildman–Crippen MR) is 84.2 cm³/mol. The van der Waals surface area contributed by atoms with Crippen molar-refractivity contribution in [3.8, 4) is 5.75 Å². The number of hydrogen-bond donors (Lipinski definition) is 0. The highest BCUT2D eigenvalue weighted by atomic mass is 19.1. The Bertz CT molecular complexity index is 625. The van der Waals surface area contributed by atoms with E-state index in [1.807, 2.05) is 24.3 Å². The molecule has 0 aliphatic heterocycles. The molecule has 0 fully saturated rings. The molecule has 2 rings (SSSR count). The van der Waals surface area contributed by atoms with Gasteiger partial charge in [0.1, 0.15) is 11.6 Å². The van der Waals surface area contributed by atoms with Crippen molar-refractivity contribution in [1.29, 1.82) is 0 Å². The summed E-state index contributed by atoms with van der Waals surface area (Å²) in [5, 5.41) is 0. The fraction of sp³-hybridized carbons (Fsp3) is 0.278. The summed E-state index contributed by atoms with van der Waals surface area (Å²) < 4.78 is 18.1. The lowest BCUT2D eigenvalue weighted by atomic mass is 10.1. The third kappa shape index (κ3) is 4.32. The lowest BCUT2D eigenvalue weighted by Gasteiger charge is -2.19. The number of hydrogen-bond acceptors (Lipinski definition) is 2. The Labute approximate surface area is 130 Å². The Morgan fingerprint density at radius 2 is 1.82 bits per heavy atom. The molecule has 0 saturated heterocycles. The Morgan fingerprint density at radius 1 is 1.14 bits per heavy atom. The second-order valence-corrected chi connectivity index (χ2v) is 5.19. The van der Waals surface area contributed by atoms with Crippen LogP contribution < -0.4 is 4.74 Å². The van der Waals surface area contributed by atoms with Crippen LogP contribution in [0.5, 0.6) is 5.75 Å². The van der Waals surface area contributed by atoms with Gasteiger partial charge in [-0.2, -0.15) is 0 Å². The van der Waals surface area contributed by atoms with E-state index >= 15 is 0 Å². The summed E-state index contributed by atoms with van der Waals surface area (Å²) >= 11 is 0. The van der Waals surface area contributed by atoms with E-state index in [4.69, 9.17) is 4.74 Å². The van der Waals surface area contributed by atoms with Crippen LogP contribution >= 0.6 is 0 Å². The second kappa shape index (κ2) is 7.59. The van der Waals surface area contributed by atoms with Crippen molar-refractivity contribution in [3.05, 3.63) is 65.5 Å². The van der Waals surface area contributed by atoms with E-state index in [0.717, 1.165) is 16.9 Å². The summed E-state index contributed by atoms with van der Waals surface area (Å²) in [5.74, 6) is 0.569. The first kappa shape index (κ1) is 16.0. The van der Waals surface area contributed by atoms with Crippen LogP contribution in [0.2, 0.25) is 0 Å². The summed E-state index contributed by atoms with van der Waals surface area (Å²) in [7, 11) is 3.40. The van der Waals surface area contributed by atoms with Gasteiger partial charge in [0.05, 0.1) is 7.11 Å². The number of ether oxygens (including phenoxy) is 1. The maximum absolute atomic E-state index is 12.8. The molecule has 116 valence electrons. The molecule has 0 N–H and O–H groups in total. The molecule has 0 atom stereocenters. The van der Waals surface area contributed by atoms with E-state index in [2.05, 4.69) is 0 Å². The van der Waals surface area contributed by atoms with Crippen LogP contribution in [0.15, 0.2) is 48.5 Å². The number of benzene rings is 2. The zero-order chi connectivity index (χ0) is 15.9. The van der Waals surface area contributed by atoms with Gasteiger partial charge in [-0.25, -0.2) is 4.39 Å².